The Balaban J connectivity index is 1.46. The average Bonchev–Trinajstić information content (AvgIpc) is 2.92. The molecule has 5 aromatic carbocycles. The van der Waals surface area contributed by atoms with E-state index in [1.807, 2.05) is 0 Å². The minimum absolute atomic E-state index is 0.0344. The van der Waals surface area contributed by atoms with Gasteiger partial charge in [-0.1, -0.05) is 36.1 Å². The number of rotatable bonds is 3. The van der Waals surface area contributed by atoms with E-state index in [1.165, 1.54) is 37.3 Å². The first-order chi connectivity index (χ1) is 19.9. The third-order valence-corrected chi connectivity index (χ3v) is 6.69. The molecule has 0 N–H and O–H groups in total. The number of aryl methyl sites for hydroxylation is 2. The molecule has 8 heteroatoms. The summed E-state index contributed by atoms with van der Waals surface area (Å²) in [6.07, 6.45) is 0. The molecule has 0 saturated heterocycles. The van der Waals surface area contributed by atoms with Gasteiger partial charge in [-0.3, -0.25) is 0 Å². The van der Waals surface area contributed by atoms with Gasteiger partial charge in [-0.05, 0) is 90.2 Å². The normalized spacial score (nSPS) is 10.9. The molecule has 0 aliphatic heterocycles. The van der Waals surface area contributed by atoms with Crippen LogP contribution in [0.2, 0.25) is 0 Å². The van der Waals surface area contributed by atoms with Gasteiger partial charge >= 0.3 is 0 Å². The second kappa shape index (κ2) is 11.2. The van der Waals surface area contributed by atoms with Crippen LogP contribution in [-0.4, -0.2) is 0 Å². The van der Waals surface area contributed by atoms with Crippen molar-refractivity contribution in [2.45, 2.75) is 13.8 Å². The highest BCUT2D eigenvalue weighted by atomic mass is 19.2. The average molecular weight is 579 g/mol. The van der Waals surface area contributed by atoms with Gasteiger partial charge in [0, 0.05) is 22.3 Å². The molecule has 42 heavy (non-hydrogen) atoms. The summed E-state index contributed by atoms with van der Waals surface area (Å²) < 4.78 is 115. The first kappa shape index (κ1) is 28.6. The molecule has 0 radical (unpaired) electrons. The van der Waals surface area contributed by atoms with Crippen LogP contribution in [0.15, 0.2) is 72.8 Å². The van der Waals surface area contributed by atoms with Crippen LogP contribution in [0.5, 0.6) is 0 Å². The number of hydrogen-bond acceptors (Lipinski definition) is 0. The van der Waals surface area contributed by atoms with Crippen molar-refractivity contribution in [1.82, 2.24) is 0 Å². The molecule has 0 aliphatic carbocycles. The Labute approximate surface area is 235 Å². The maximum atomic E-state index is 15.0. The van der Waals surface area contributed by atoms with Crippen molar-refractivity contribution in [1.29, 1.82) is 0 Å². The third kappa shape index (κ3) is 5.51. The Bertz CT molecular complexity index is 1900. The lowest BCUT2D eigenvalue weighted by atomic mass is 9.97. The maximum Gasteiger partial charge on any atom is 0.194 e. The third-order valence-electron chi connectivity index (χ3n) is 6.69. The highest BCUT2D eigenvalue weighted by Crippen LogP contribution is 2.32. The molecule has 0 amide bonds. The largest absolute Gasteiger partial charge is 0.206 e. The van der Waals surface area contributed by atoms with E-state index in [4.69, 9.17) is 0 Å². The maximum absolute atomic E-state index is 15.0. The molecule has 0 aliphatic rings. The van der Waals surface area contributed by atoms with E-state index in [2.05, 4.69) is 11.8 Å². The van der Waals surface area contributed by atoms with Crippen molar-refractivity contribution in [2.24, 2.45) is 0 Å². The van der Waals surface area contributed by atoms with Gasteiger partial charge in [0.1, 0.15) is 29.1 Å². The van der Waals surface area contributed by atoms with Crippen LogP contribution in [0.3, 0.4) is 0 Å². The van der Waals surface area contributed by atoms with Crippen molar-refractivity contribution in [3.63, 3.8) is 0 Å². The summed E-state index contributed by atoms with van der Waals surface area (Å²) in [5.74, 6) is -4.38. The van der Waals surface area contributed by atoms with Crippen LogP contribution in [0.4, 0.5) is 35.1 Å². The molecule has 0 bridgehead atoms. The molecule has 5 rings (SSSR count). The molecule has 0 aromatic heterocycles. The second-order valence-corrected chi connectivity index (χ2v) is 9.64. The van der Waals surface area contributed by atoms with Crippen LogP contribution in [0.25, 0.3) is 33.4 Å². The molecule has 5 aromatic rings. The number of benzene rings is 5. The Morgan fingerprint density at radius 2 is 0.929 bits per heavy atom. The zero-order valence-electron chi connectivity index (χ0n) is 22.0. The highest BCUT2D eigenvalue weighted by molar-refractivity contribution is 5.72. The standard InChI is InChI=1S/C34H18F8/c1-17-3-6-23(27(35)9-17)20-5-7-24(28(36)12-20)21-13-29(37)25(30(38)14-21)8-4-19-11-31(39)26(10-18(19)2)22-15-32(40)34(42)33(41)16-22/h3,5-7,9-16H,1-2H3. The SMILES string of the molecule is Cc1ccc(-c2ccc(-c3cc(F)c(C#Cc4cc(F)c(-c5cc(F)c(F)c(F)c5)cc4C)c(F)c3)c(F)c2)c(F)c1. The molecule has 0 spiro atoms. The van der Waals surface area contributed by atoms with Gasteiger partial charge < -0.3 is 0 Å². The zero-order chi connectivity index (χ0) is 30.3. The van der Waals surface area contributed by atoms with Crippen molar-refractivity contribution >= 4 is 0 Å². The van der Waals surface area contributed by atoms with Crippen molar-refractivity contribution < 1.29 is 35.1 Å². The molecular formula is C34H18F8. The topological polar surface area (TPSA) is 0 Å². The summed E-state index contributed by atoms with van der Waals surface area (Å²) in [5, 5.41) is 0. The lowest BCUT2D eigenvalue weighted by Crippen LogP contribution is -1.96. The Morgan fingerprint density at radius 1 is 0.429 bits per heavy atom. The van der Waals surface area contributed by atoms with Gasteiger partial charge in [0.25, 0.3) is 0 Å². The second-order valence-electron chi connectivity index (χ2n) is 9.64. The quantitative estimate of drug-likeness (QED) is 0.114. The molecule has 0 heterocycles. The van der Waals surface area contributed by atoms with Gasteiger partial charge in [0.05, 0.1) is 5.56 Å². The first-order valence-electron chi connectivity index (χ1n) is 12.5. The molecule has 210 valence electrons. The van der Waals surface area contributed by atoms with E-state index < -0.39 is 52.1 Å². The summed E-state index contributed by atoms with van der Waals surface area (Å²) in [6.45, 7) is 3.21. The molecule has 0 nitrogen and oxygen atoms in total. The van der Waals surface area contributed by atoms with Gasteiger partial charge in [0.15, 0.2) is 17.5 Å². The van der Waals surface area contributed by atoms with Crippen molar-refractivity contribution in [2.75, 3.05) is 0 Å². The van der Waals surface area contributed by atoms with E-state index in [9.17, 15) is 35.1 Å². The summed E-state index contributed by atoms with van der Waals surface area (Å²) >= 11 is 0. The van der Waals surface area contributed by atoms with Crippen LogP contribution in [0, 0.1) is 72.2 Å². The van der Waals surface area contributed by atoms with Crippen molar-refractivity contribution in [3.8, 4) is 45.2 Å². The lowest BCUT2D eigenvalue weighted by molar-refractivity contribution is 0.447. The Morgan fingerprint density at radius 3 is 1.55 bits per heavy atom. The lowest BCUT2D eigenvalue weighted by Gasteiger charge is -2.10. The molecular weight excluding hydrogens is 560 g/mol. The van der Waals surface area contributed by atoms with E-state index >= 15 is 0 Å². The molecule has 0 unspecified atom stereocenters. The number of halogens is 8. The van der Waals surface area contributed by atoms with E-state index in [1.54, 1.807) is 13.0 Å². The monoisotopic (exact) mass is 578 g/mol. The minimum atomic E-state index is -1.69. The van der Waals surface area contributed by atoms with Crippen LogP contribution in [0.1, 0.15) is 22.3 Å². The minimum Gasteiger partial charge on any atom is -0.206 e. The van der Waals surface area contributed by atoms with Gasteiger partial charge in [0.2, 0.25) is 0 Å². The highest BCUT2D eigenvalue weighted by Gasteiger charge is 2.17. The van der Waals surface area contributed by atoms with Gasteiger partial charge in [-0.25, -0.2) is 35.1 Å². The van der Waals surface area contributed by atoms with Gasteiger partial charge in [-0.15, -0.1) is 0 Å². The van der Waals surface area contributed by atoms with Crippen molar-refractivity contribution in [3.05, 3.63) is 142 Å². The predicted octanol–water partition coefficient (Wildman–Crippen LogP) is 9.82. The predicted molar refractivity (Wildman–Crippen MR) is 144 cm³/mol. The van der Waals surface area contributed by atoms with Gasteiger partial charge in [-0.2, -0.15) is 0 Å². The van der Waals surface area contributed by atoms with E-state index in [0.717, 1.165) is 24.3 Å². The van der Waals surface area contributed by atoms with Crippen LogP contribution in [-0.2, 0) is 0 Å². The summed E-state index contributed by atoms with van der Waals surface area (Å²) in [5.41, 5.74) is 0.105. The smallest absolute Gasteiger partial charge is 0.194 e. The molecule has 0 fully saturated rings. The fraction of sp³-hybridized carbons (Fsp3) is 0.0588. The fourth-order valence-corrected chi connectivity index (χ4v) is 4.50. The summed E-state index contributed by atoms with van der Waals surface area (Å²) in [4.78, 5) is 0. The zero-order valence-corrected chi connectivity index (χ0v) is 22.0. The van der Waals surface area contributed by atoms with E-state index in [0.29, 0.717) is 23.3 Å². The van der Waals surface area contributed by atoms with Crippen LogP contribution >= 0.6 is 0 Å². The van der Waals surface area contributed by atoms with E-state index in [-0.39, 0.29) is 38.9 Å². The Kier molecular flexibility index (Phi) is 7.61. The summed E-state index contributed by atoms with van der Waals surface area (Å²) in [6, 6.07) is 13.5. The fourth-order valence-electron chi connectivity index (χ4n) is 4.50. The summed E-state index contributed by atoms with van der Waals surface area (Å²) in [7, 11) is 0. The molecule has 0 atom stereocenters. The Hall–Kier alpha value is -4.90. The van der Waals surface area contributed by atoms with Crippen LogP contribution < -0.4 is 0 Å². The first-order valence-corrected chi connectivity index (χ1v) is 12.5. The number of hydrogen-bond donors (Lipinski definition) is 0. The molecule has 0 saturated carbocycles.